The van der Waals surface area contributed by atoms with E-state index < -0.39 is 30.2 Å². The Morgan fingerprint density at radius 1 is 1.15 bits per heavy atom. The number of halogens is 4. The summed E-state index contributed by atoms with van der Waals surface area (Å²) < 4.78 is 43.3. The Bertz CT molecular complexity index is 826. The predicted molar refractivity (Wildman–Crippen MR) is 101 cm³/mol. The average Bonchev–Trinajstić information content (AvgIpc) is 2.59. The summed E-state index contributed by atoms with van der Waals surface area (Å²) in [6, 6.07) is 9.64. The number of ether oxygens (including phenoxy) is 1. The molecule has 2 rings (SSSR count). The molecule has 0 saturated heterocycles. The predicted octanol–water partition coefficient (Wildman–Crippen LogP) is 5.05. The second-order valence-corrected chi connectivity index (χ2v) is 7.42. The zero-order valence-corrected chi connectivity index (χ0v) is 16.5. The Morgan fingerprint density at radius 3 is 2.41 bits per heavy atom. The van der Waals surface area contributed by atoms with Crippen LogP contribution in [-0.4, -0.2) is 24.2 Å². The van der Waals surface area contributed by atoms with Gasteiger partial charge in [-0.05, 0) is 55.0 Å². The highest BCUT2D eigenvalue weighted by Crippen LogP contribution is 2.29. The zero-order valence-electron chi connectivity index (χ0n) is 14.1. The van der Waals surface area contributed by atoms with Crippen molar-refractivity contribution in [1.29, 1.82) is 0 Å². The Morgan fingerprint density at radius 2 is 1.81 bits per heavy atom. The number of anilines is 1. The number of alkyl halides is 3. The summed E-state index contributed by atoms with van der Waals surface area (Å²) in [5.41, 5.74) is 0.373. The van der Waals surface area contributed by atoms with E-state index in [2.05, 4.69) is 21.2 Å². The van der Waals surface area contributed by atoms with Gasteiger partial charge in [0.25, 0.3) is 5.91 Å². The fourth-order valence-electron chi connectivity index (χ4n) is 2.04. The molecule has 27 heavy (non-hydrogen) atoms. The standard InChI is InChI=1S/C18H15BrF3NO3S/c1-11-8-13(19)4-7-15(11)27-10-17(25)26-9-16(24)23-14-5-2-12(3-6-14)18(20,21)22/h2-8H,9-10H2,1H3,(H,23,24). The Balaban J connectivity index is 1.77. The van der Waals surface area contributed by atoms with Gasteiger partial charge in [0.05, 0.1) is 11.3 Å². The molecule has 0 bridgehead atoms. The molecule has 0 spiro atoms. The largest absolute Gasteiger partial charge is 0.455 e. The van der Waals surface area contributed by atoms with Crippen LogP contribution in [0.3, 0.4) is 0 Å². The third-order valence-corrected chi connectivity index (χ3v) is 4.99. The van der Waals surface area contributed by atoms with Gasteiger partial charge in [0.2, 0.25) is 0 Å². The van der Waals surface area contributed by atoms with Crippen molar-refractivity contribution in [3.8, 4) is 0 Å². The first-order valence-corrected chi connectivity index (χ1v) is 9.44. The summed E-state index contributed by atoms with van der Waals surface area (Å²) in [4.78, 5) is 24.4. The normalized spacial score (nSPS) is 11.1. The topological polar surface area (TPSA) is 55.4 Å². The number of carbonyl (C=O) groups is 2. The number of amides is 1. The zero-order chi connectivity index (χ0) is 20.0. The third kappa shape index (κ3) is 6.91. The van der Waals surface area contributed by atoms with E-state index in [9.17, 15) is 22.8 Å². The maximum atomic E-state index is 12.5. The van der Waals surface area contributed by atoms with Crippen molar-refractivity contribution in [1.82, 2.24) is 0 Å². The number of benzene rings is 2. The van der Waals surface area contributed by atoms with Crippen LogP contribution in [0.1, 0.15) is 11.1 Å². The molecular formula is C18H15BrF3NO3S. The monoisotopic (exact) mass is 461 g/mol. The lowest BCUT2D eigenvalue weighted by Gasteiger charge is -2.09. The molecule has 0 radical (unpaired) electrons. The maximum absolute atomic E-state index is 12.5. The molecule has 4 nitrogen and oxygen atoms in total. The SMILES string of the molecule is Cc1cc(Br)ccc1SCC(=O)OCC(=O)Nc1ccc(C(F)(F)F)cc1. The second kappa shape index (κ2) is 9.27. The molecule has 0 unspecified atom stereocenters. The maximum Gasteiger partial charge on any atom is 0.416 e. The third-order valence-electron chi connectivity index (χ3n) is 3.34. The van der Waals surface area contributed by atoms with Crippen LogP contribution in [0, 0.1) is 6.92 Å². The number of hydrogen-bond acceptors (Lipinski definition) is 4. The van der Waals surface area contributed by atoms with Crippen LogP contribution >= 0.6 is 27.7 Å². The van der Waals surface area contributed by atoms with Crippen molar-refractivity contribution < 1.29 is 27.5 Å². The van der Waals surface area contributed by atoms with Gasteiger partial charge in [-0.2, -0.15) is 13.2 Å². The minimum atomic E-state index is -4.44. The highest BCUT2D eigenvalue weighted by atomic mass is 79.9. The fourth-order valence-corrected chi connectivity index (χ4v) is 3.32. The molecule has 0 heterocycles. The molecule has 0 aliphatic heterocycles. The van der Waals surface area contributed by atoms with Gasteiger partial charge < -0.3 is 10.1 Å². The lowest BCUT2D eigenvalue weighted by atomic mass is 10.2. The van der Waals surface area contributed by atoms with Crippen molar-refractivity contribution in [2.24, 2.45) is 0 Å². The highest BCUT2D eigenvalue weighted by Gasteiger charge is 2.29. The molecule has 2 aromatic carbocycles. The van der Waals surface area contributed by atoms with E-state index in [1.165, 1.54) is 11.8 Å². The lowest BCUT2D eigenvalue weighted by Crippen LogP contribution is -2.21. The van der Waals surface area contributed by atoms with E-state index >= 15 is 0 Å². The van der Waals surface area contributed by atoms with Gasteiger partial charge >= 0.3 is 12.1 Å². The van der Waals surface area contributed by atoms with Crippen molar-refractivity contribution in [3.63, 3.8) is 0 Å². The van der Waals surface area contributed by atoms with Gasteiger partial charge in [-0.3, -0.25) is 9.59 Å². The minimum absolute atomic E-state index is 0.0377. The molecule has 0 saturated carbocycles. The molecule has 0 atom stereocenters. The average molecular weight is 462 g/mol. The molecule has 2 aromatic rings. The van der Waals surface area contributed by atoms with Crippen LogP contribution < -0.4 is 5.32 Å². The lowest BCUT2D eigenvalue weighted by molar-refractivity contribution is -0.144. The van der Waals surface area contributed by atoms with Crippen LogP contribution in [0.15, 0.2) is 51.8 Å². The van der Waals surface area contributed by atoms with E-state index in [4.69, 9.17) is 4.74 Å². The molecule has 0 fully saturated rings. The molecule has 0 aliphatic carbocycles. The molecule has 1 N–H and O–H groups in total. The van der Waals surface area contributed by atoms with E-state index in [0.29, 0.717) is 0 Å². The van der Waals surface area contributed by atoms with Gasteiger partial charge in [-0.25, -0.2) is 0 Å². The number of nitrogens with one attached hydrogen (secondary N) is 1. The van der Waals surface area contributed by atoms with Gasteiger partial charge in [0.15, 0.2) is 6.61 Å². The minimum Gasteiger partial charge on any atom is -0.455 e. The summed E-state index contributed by atoms with van der Waals surface area (Å²) in [7, 11) is 0. The van der Waals surface area contributed by atoms with Crippen LogP contribution in [0.5, 0.6) is 0 Å². The number of thioether (sulfide) groups is 1. The molecular weight excluding hydrogens is 447 g/mol. The van der Waals surface area contributed by atoms with Crippen molar-refractivity contribution in [2.45, 2.75) is 18.0 Å². The Kier molecular flexibility index (Phi) is 7.32. The van der Waals surface area contributed by atoms with E-state index in [1.54, 1.807) is 0 Å². The van der Waals surface area contributed by atoms with Crippen molar-refractivity contribution in [2.75, 3.05) is 17.7 Å². The van der Waals surface area contributed by atoms with Gasteiger partial charge in [0.1, 0.15) is 0 Å². The Labute approximate surface area is 166 Å². The molecule has 0 aromatic heterocycles. The van der Waals surface area contributed by atoms with Crippen LogP contribution in [0.25, 0.3) is 0 Å². The Hall–Kier alpha value is -2.00. The van der Waals surface area contributed by atoms with Crippen molar-refractivity contribution >= 4 is 45.3 Å². The van der Waals surface area contributed by atoms with Crippen molar-refractivity contribution in [3.05, 3.63) is 58.1 Å². The number of esters is 1. The number of carbonyl (C=O) groups excluding carboxylic acids is 2. The summed E-state index contributed by atoms with van der Waals surface area (Å²) in [6.07, 6.45) is -4.44. The van der Waals surface area contributed by atoms with E-state index in [0.717, 1.165) is 39.2 Å². The highest BCUT2D eigenvalue weighted by molar-refractivity contribution is 9.10. The first-order chi connectivity index (χ1) is 12.6. The smallest absolute Gasteiger partial charge is 0.416 e. The first kappa shape index (κ1) is 21.3. The summed E-state index contributed by atoms with van der Waals surface area (Å²) in [5, 5.41) is 2.37. The summed E-state index contributed by atoms with van der Waals surface area (Å²) in [6.45, 7) is 1.40. The molecule has 0 aliphatic rings. The van der Waals surface area contributed by atoms with Crippen LogP contribution in [0.4, 0.5) is 18.9 Å². The van der Waals surface area contributed by atoms with Crippen LogP contribution in [0.2, 0.25) is 0 Å². The van der Waals surface area contributed by atoms with Gasteiger partial charge in [0, 0.05) is 15.1 Å². The number of aryl methyl sites for hydroxylation is 1. The molecule has 9 heteroatoms. The molecule has 144 valence electrons. The molecule has 1 amide bonds. The van der Waals surface area contributed by atoms with Gasteiger partial charge in [-0.1, -0.05) is 15.9 Å². The van der Waals surface area contributed by atoms with Gasteiger partial charge in [-0.15, -0.1) is 11.8 Å². The van der Waals surface area contributed by atoms with E-state index in [-0.39, 0.29) is 11.4 Å². The number of rotatable bonds is 6. The van der Waals surface area contributed by atoms with E-state index in [1.807, 2.05) is 25.1 Å². The summed E-state index contributed by atoms with van der Waals surface area (Å²) in [5.74, 6) is -1.16. The summed E-state index contributed by atoms with van der Waals surface area (Å²) >= 11 is 4.65. The first-order valence-electron chi connectivity index (χ1n) is 7.67. The fraction of sp³-hybridized carbons (Fsp3) is 0.222. The number of hydrogen-bond donors (Lipinski definition) is 1. The quantitative estimate of drug-likeness (QED) is 0.482. The second-order valence-electron chi connectivity index (χ2n) is 5.48. The van der Waals surface area contributed by atoms with Crippen LogP contribution in [-0.2, 0) is 20.5 Å².